The molecule has 1 fully saturated rings. The van der Waals surface area contributed by atoms with Crippen molar-refractivity contribution in [3.8, 4) is 5.75 Å². The molecule has 1 saturated heterocycles. The Hall–Kier alpha value is -1.68. The Morgan fingerprint density at radius 1 is 1.36 bits per heavy atom. The fourth-order valence-electron chi connectivity index (χ4n) is 3.16. The highest BCUT2D eigenvalue weighted by atomic mass is 32.2. The highest BCUT2D eigenvalue weighted by molar-refractivity contribution is 7.89. The third kappa shape index (κ3) is 5.44. The predicted molar refractivity (Wildman–Crippen MR) is 110 cm³/mol. The molecule has 3 N–H and O–H groups in total. The molecule has 9 heteroatoms. The number of nitrogens with zero attached hydrogens (tertiary/aromatic N) is 2. The van der Waals surface area contributed by atoms with Crippen LogP contribution in [-0.2, 0) is 14.8 Å². The molecular weight excluding hydrogens is 380 g/mol. The van der Waals surface area contributed by atoms with Gasteiger partial charge in [-0.15, -0.1) is 0 Å². The van der Waals surface area contributed by atoms with Crippen molar-refractivity contribution >= 4 is 15.9 Å². The average Bonchev–Trinajstić information content (AvgIpc) is 2.65. The molecule has 158 valence electrons. The van der Waals surface area contributed by atoms with Crippen LogP contribution >= 0.6 is 0 Å². The van der Waals surface area contributed by atoms with Gasteiger partial charge in [-0.3, -0.25) is 4.99 Å². The van der Waals surface area contributed by atoms with Crippen LogP contribution in [0.1, 0.15) is 33.3 Å². The first kappa shape index (κ1) is 22.6. The van der Waals surface area contributed by atoms with E-state index < -0.39 is 10.0 Å². The van der Waals surface area contributed by atoms with Crippen LogP contribution in [-0.4, -0.2) is 70.1 Å². The van der Waals surface area contributed by atoms with Gasteiger partial charge in [0.15, 0.2) is 0 Å². The summed E-state index contributed by atoms with van der Waals surface area (Å²) >= 11 is 0. The lowest BCUT2D eigenvalue weighted by molar-refractivity contribution is 0.125. The largest absolute Gasteiger partial charge is 0.493 e. The number of ether oxygens (including phenoxy) is 2. The van der Waals surface area contributed by atoms with E-state index in [0.29, 0.717) is 37.6 Å². The first-order chi connectivity index (χ1) is 13.2. The lowest BCUT2D eigenvalue weighted by Gasteiger charge is -2.35. The fourth-order valence-corrected chi connectivity index (χ4v) is 4.80. The van der Waals surface area contributed by atoms with Crippen LogP contribution in [0, 0.1) is 0 Å². The van der Waals surface area contributed by atoms with Gasteiger partial charge < -0.3 is 20.5 Å². The van der Waals surface area contributed by atoms with E-state index >= 15 is 0 Å². The lowest BCUT2D eigenvalue weighted by atomic mass is 10.2. The Labute approximate surface area is 168 Å². The molecule has 0 spiro atoms. The van der Waals surface area contributed by atoms with Crippen LogP contribution in [0.5, 0.6) is 5.75 Å². The maximum Gasteiger partial charge on any atom is 0.243 e. The van der Waals surface area contributed by atoms with E-state index in [4.69, 9.17) is 15.2 Å². The number of rotatable bonds is 8. The van der Waals surface area contributed by atoms with Crippen LogP contribution in [0.15, 0.2) is 28.1 Å². The Balaban J connectivity index is 2.40. The number of aliphatic imine (C=N–C) groups is 1. The number of nitrogens with two attached hydrogens (primary N) is 1. The molecule has 0 saturated carbocycles. The van der Waals surface area contributed by atoms with Crippen LogP contribution in [0.2, 0.25) is 0 Å². The van der Waals surface area contributed by atoms with Gasteiger partial charge in [0.2, 0.25) is 10.0 Å². The Bertz CT molecular complexity index is 787. The van der Waals surface area contributed by atoms with Crippen LogP contribution in [0.25, 0.3) is 0 Å². The maximum absolute atomic E-state index is 13.2. The molecule has 0 bridgehead atoms. The Morgan fingerprint density at radius 2 is 2.00 bits per heavy atom. The first-order valence-corrected chi connectivity index (χ1v) is 11.0. The summed E-state index contributed by atoms with van der Waals surface area (Å²) in [4.78, 5) is 4.52. The van der Waals surface area contributed by atoms with E-state index in [9.17, 15) is 8.42 Å². The number of nitrogens with one attached hydrogen (secondary N) is 1. The monoisotopic (exact) mass is 412 g/mol. The molecule has 0 radical (unpaired) electrons. The van der Waals surface area contributed by atoms with Gasteiger partial charge in [0, 0.05) is 32.3 Å². The van der Waals surface area contributed by atoms with Crippen molar-refractivity contribution in [1.82, 2.24) is 9.62 Å². The van der Waals surface area contributed by atoms with Crippen molar-refractivity contribution < 1.29 is 17.9 Å². The highest BCUT2D eigenvalue weighted by Crippen LogP contribution is 2.26. The van der Waals surface area contributed by atoms with Crippen molar-refractivity contribution in [2.45, 2.75) is 50.8 Å². The van der Waals surface area contributed by atoms with Crippen molar-refractivity contribution in [3.63, 3.8) is 0 Å². The number of piperazine rings is 1. The minimum absolute atomic E-state index is 0.0860. The molecule has 1 heterocycles. The molecule has 28 heavy (non-hydrogen) atoms. The zero-order chi connectivity index (χ0) is 20.9. The zero-order valence-electron chi connectivity index (χ0n) is 17.3. The SMILES string of the molecule is CCOc1ccc(S(=O)(=O)N2C[C@@H](C)N[C@@H](C)C2)cc1C(N)=NCC(C)OC. The van der Waals surface area contributed by atoms with E-state index in [-0.39, 0.29) is 28.9 Å². The van der Waals surface area contributed by atoms with Gasteiger partial charge in [-0.1, -0.05) is 0 Å². The molecule has 0 aliphatic carbocycles. The van der Waals surface area contributed by atoms with Gasteiger partial charge in [0.05, 0.1) is 29.7 Å². The fraction of sp³-hybridized carbons (Fsp3) is 0.632. The van der Waals surface area contributed by atoms with E-state index in [0.717, 1.165) is 0 Å². The van der Waals surface area contributed by atoms with Gasteiger partial charge in [0.25, 0.3) is 0 Å². The van der Waals surface area contributed by atoms with E-state index in [1.807, 2.05) is 27.7 Å². The summed E-state index contributed by atoms with van der Waals surface area (Å²) in [5, 5.41) is 3.34. The van der Waals surface area contributed by atoms with E-state index in [1.54, 1.807) is 25.3 Å². The number of methoxy groups -OCH3 is 1. The molecule has 1 aromatic rings. The summed E-state index contributed by atoms with van der Waals surface area (Å²) in [6, 6.07) is 4.93. The van der Waals surface area contributed by atoms with E-state index in [1.165, 1.54) is 4.31 Å². The third-order valence-electron chi connectivity index (χ3n) is 4.61. The summed E-state index contributed by atoms with van der Waals surface area (Å²) < 4.78 is 38.7. The Morgan fingerprint density at radius 3 is 2.57 bits per heavy atom. The maximum atomic E-state index is 13.2. The molecule has 0 aromatic heterocycles. The number of sulfonamides is 1. The predicted octanol–water partition coefficient (Wildman–Crippen LogP) is 1.20. The van der Waals surface area contributed by atoms with Gasteiger partial charge in [0.1, 0.15) is 11.6 Å². The van der Waals surface area contributed by atoms with Gasteiger partial charge >= 0.3 is 0 Å². The molecule has 0 amide bonds. The minimum atomic E-state index is -3.65. The molecule has 1 aromatic carbocycles. The van der Waals surface area contributed by atoms with Gasteiger partial charge in [-0.25, -0.2) is 8.42 Å². The zero-order valence-corrected chi connectivity index (χ0v) is 18.1. The normalized spacial score (nSPS) is 22.8. The standard InChI is InChI=1S/C19H32N4O4S/c1-6-27-18-8-7-16(9-17(18)19(20)21-10-15(4)26-5)28(24,25)23-11-13(2)22-14(3)12-23/h7-9,13-15,22H,6,10-12H2,1-5H3,(H2,20,21)/t13-,14+,15?. The minimum Gasteiger partial charge on any atom is -0.493 e. The van der Waals surface area contributed by atoms with Crippen molar-refractivity contribution in [1.29, 1.82) is 0 Å². The summed E-state index contributed by atoms with van der Waals surface area (Å²) in [6.45, 7) is 9.35. The number of amidine groups is 1. The topological polar surface area (TPSA) is 106 Å². The highest BCUT2D eigenvalue weighted by Gasteiger charge is 2.32. The molecule has 2 rings (SSSR count). The number of benzene rings is 1. The lowest BCUT2D eigenvalue weighted by Crippen LogP contribution is -2.55. The Kier molecular flexibility index (Phi) is 7.82. The van der Waals surface area contributed by atoms with E-state index in [2.05, 4.69) is 10.3 Å². The quantitative estimate of drug-likeness (QED) is 0.491. The molecule has 8 nitrogen and oxygen atoms in total. The smallest absolute Gasteiger partial charge is 0.243 e. The van der Waals surface area contributed by atoms with Crippen molar-refractivity contribution in [3.05, 3.63) is 23.8 Å². The third-order valence-corrected chi connectivity index (χ3v) is 6.44. The second kappa shape index (κ2) is 9.69. The summed E-state index contributed by atoms with van der Waals surface area (Å²) in [5.74, 6) is 0.737. The van der Waals surface area contributed by atoms with Crippen LogP contribution < -0.4 is 15.8 Å². The summed E-state index contributed by atoms with van der Waals surface area (Å²) in [6.07, 6.45) is -0.0927. The molecule has 1 aliphatic heterocycles. The number of hydrogen-bond acceptors (Lipinski definition) is 6. The van der Waals surface area contributed by atoms with Crippen molar-refractivity contribution in [2.75, 3.05) is 33.4 Å². The van der Waals surface area contributed by atoms with Gasteiger partial charge in [-0.05, 0) is 45.9 Å². The van der Waals surface area contributed by atoms with Crippen LogP contribution in [0.3, 0.4) is 0 Å². The average molecular weight is 413 g/mol. The van der Waals surface area contributed by atoms with Crippen molar-refractivity contribution in [2.24, 2.45) is 10.7 Å². The van der Waals surface area contributed by atoms with Gasteiger partial charge in [-0.2, -0.15) is 4.31 Å². The molecule has 3 atom stereocenters. The second-order valence-electron chi connectivity index (χ2n) is 7.15. The first-order valence-electron chi connectivity index (χ1n) is 9.55. The second-order valence-corrected chi connectivity index (χ2v) is 9.09. The number of hydrogen-bond donors (Lipinski definition) is 2. The molecular formula is C19H32N4O4S. The van der Waals surface area contributed by atoms with Crippen LogP contribution in [0.4, 0.5) is 0 Å². The molecule has 1 aliphatic rings. The molecule has 1 unspecified atom stereocenters. The summed E-state index contributed by atoms with van der Waals surface area (Å²) in [5.41, 5.74) is 6.63. The summed E-state index contributed by atoms with van der Waals surface area (Å²) in [7, 11) is -2.05.